The summed E-state index contributed by atoms with van der Waals surface area (Å²) in [5.74, 6) is -1.06. The first-order chi connectivity index (χ1) is 15.3. The van der Waals surface area contributed by atoms with E-state index >= 15 is 0 Å². The predicted octanol–water partition coefficient (Wildman–Crippen LogP) is 4.14. The summed E-state index contributed by atoms with van der Waals surface area (Å²) in [6, 6.07) is 11.1. The lowest BCUT2D eigenvalue weighted by Gasteiger charge is -2.31. The molecule has 2 amide bonds. The van der Waals surface area contributed by atoms with Crippen molar-refractivity contribution in [2.45, 2.75) is 64.1 Å². The standard InChI is InChI=1S/C24H28FN3O4/c1-17(24(30)26-21-8-3-2-4-9-21)27(16-18-11-13-20(25)14-12-18)23(29)15-19-7-5-6-10-22(19)28(31)32/h5-7,10-14,17,21H,2-4,8-9,15-16H2,1H3,(H,26,30). The highest BCUT2D eigenvalue weighted by Crippen LogP contribution is 2.21. The Bertz CT molecular complexity index is 958. The van der Waals surface area contributed by atoms with Crippen LogP contribution in [0.1, 0.15) is 50.2 Å². The maximum absolute atomic E-state index is 13.3. The molecule has 0 radical (unpaired) electrons. The maximum atomic E-state index is 13.3. The molecule has 0 heterocycles. The number of para-hydroxylation sites is 1. The molecule has 2 aromatic rings. The number of nitro groups is 1. The number of nitrogens with zero attached hydrogens (tertiary/aromatic N) is 2. The first-order valence-corrected chi connectivity index (χ1v) is 10.9. The number of nitro benzene ring substituents is 1. The van der Waals surface area contributed by atoms with Crippen molar-refractivity contribution in [2.24, 2.45) is 0 Å². The molecule has 3 rings (SSSR count). The number of nitrogens with one attached hydrogen (secondary N) is 1. The number of benzene rings is 2. The van der Waals surface area contributed by atoms with Crippen LogP contribution in [0.3, 0.4) is 0 Å². The van der Waals surface area contributed by atoms with Crippen molar-refractivity contribution in [2.75, 3.05) is 0 Å². The van der Waals surface area contributed by atoms with Gasteiger partial charge >= 0.3 is 0 Å². The third kappa shape index (κ3) is 6.12. The van der Waals surface area contributed by atoms with E-state index in [0.29, 0.717) is 5.56 Å². The van der Waals surface area contributed by atoms with E-state index in [1.165, 1.54) is 23.1 Å². The molecule has 1 fully saturated rings. The number of hydrogen-bond donors (Lipinski definition) is 1. The molecular formula is C24H28FN3O4. The fourth-order valence-electron chi connectivity index (χ4n) is 4.04. The Morgan fingerprint density at radius 1 is 1.12 bits per heavy atom. The first kappa shape index (κ1) is 23.4. The zero-order chi connectivity index (χ0) is 23.1. The SMILES string of the molecule is CC(C(=O)NC1CCCCC1)N(Cc1ccc(F)cc1)C(=O)Cc1ccccc1[N+](=O)[O-]. The molecule has 0 aliphatic heterocycles. The lowest BCUT2D eigenvalue weighted by Crippen LogP contribution is -2.50. The Morgan fingerprint density at radius 3 is 2.44 bits per heavy atom. The highest BCUT2D eigenvalue weighted by Gasteiger charge is 2.29. The number of amides is 2. The van der Waals surface area contributed by atoms with Crippen LogP contribution in [0.4, 0.5) is 10.1 Å². The molecule has 1 saturated carbocycles. The summed E-state index contributed by atoms with van der Waals surface area (Å²) in [7, 11) is 0. The van der Waals surface area contributed by atoms with Gasteiger partial charge < -0.3 is 10.2 Å². The van der Waals surface area contributed by atoms with Gasteiger partial charge in [-0.1, -0.05) is 49.6 Å². The molecule has 1 N–H and O–H groups in total. The summed E-state index contributed by atoms with van der Waals surface area (Å²) in [5, 5.41) is 14.4. The minimum atomic E-state index is -0.780. The van der Waals surface area contributed by atoms with E-state index in [2.05, 4.69) is 5.32 Å². The predicted molar refractivity (Wildman–Crippen MR) is 118 cm³/mol. The second-order valence-electron chi connectivity index (χ2n) is 8.23. The molecule has 32 heavy (non-hydrogen) atoms. The average Bonchev–Trinajstić information content (AvgIpc) is 2.79. The van der Waals surface area contributed by atoms with Gasteiger partial charge in [-0.15, -0.1) is 0 Å². The lowest BCUT2D eigenvalue weighted by molar-refractivity contribution is -0.385. The van der Waals surface area contributed by atoms with Gasteiger partial charge in [-0.2, -0.15) is 0 Å². The van der Waals surface area contributed by atoms with Crippen molar-refractivity contribution in [3.8, 4) is 0 Å². The van der Waals surface area contributed by atoms with Gasteiger partial charge in [0.05, 0.1) is 11.3 Å². The average molecular weight is 442 g/mol. The van der Waals surface area contributed by atoms with E-state index in [-0.39, 0.29) is 36.2 Å². The zero-order valence-corrected chi connectivity index (χ0v) is 18.1. The highest BCUT2D eigenvalue weighted by atomic mass is 19.1. The molecule has 1 unspecified atom stereocenters. The Morgan fingerprint density at radius 2 is 1.78 bits per heavy atom. The highest BCUT2D eigenvalue weighted by molar-refractivity contribution is 5.88. The maximum Gasteiger partial charge on any atom is 0.273 e. The van der Waals surface area contributed by atoms with Crippen LogP contribution in [0.2, 0.25) is 0 Å². The van der Waals surface area contributed by atoms with Crippen molar-refractivity contribution in [1.29, 1.82) is 0 Å². The Balaban J connectivity index is 1.80. The summed E-state index contributed by atoms with van der Waals surface area (Å²) in [4.78, 5) is 38.4. The Hall–Kier alpha value is -3.29. The topological polar surface area (TPSA) is 92.6 Å². The summed E-state index contributed by atoms with van der Waals surface area (Å²) < 4.78 is 13.3. The van der Waals surface area contributed by atoms with Crippen LogP contribution >= 0.6 is 0 Å². The van der Waals surface area contributed by atoms with Crippen molar-refractivity contribution in [1.82, 2.24) is 10.2 Å². The molecule has 8 heteroatoms. The zero-order valence-electron chi connectivity index (χ0n) is 18.1. The van der Waals surface area contributed by atoms with Crippen LogP contribution < -0.4 is 5.32 Å². The summed E-state index contributed by atoms with van der Waals surface area (Å²) in [5.41, 5.74) is 0.813. The molecule has 0 aromatic heterocycles. The summed E-state index contributed by atoms with van der Waals surface area (Å²) >= 11 is 0. The number of hydrogen-bond acceptors (Lipinski definition) is 4. The van der Waals surface area contributed by atoms with Crippen molar-refractivity contribution in [3.05, 3.63) is 75.6 Å². The van der Waals surface area contributed by atoms with Crippen LogP contribution in [0, 0.1) is 15.9 Å². The van der Waals surface area contributed by atoms with Crippen LogP contribution in [-0.2, 0) is 22.6 Å². The molecule has 1 atom stereocenters. The Kier molecular flexibility index (Phi) is 7.92. The van der Waals surface area contributed by atoms with Gasteiger partial charge in [0.1, 0.15) is 11.9 Å². The van der Waals surface area contributed by atoms with Crippen molar-refractivity contribution < 1.29 is 18.9 Å². The fraction of sp³-hybridized carbons (Fsp3) is 0.417. The van der Waals surface area contributed by atoms with Crippen molar-refractivity contribution in [3.63, 3.8) is 0 Å². The van der Waals surface area contributed by atoms with E-state index in [0.717, 1.165) is 32.1 Å². The largest absolute Gasteiger partial charge is 0.352 e. The molecule has 2 aromatic carbocycles. The van der Waals surface area contributed by atoms with Crippen molar-refractivity contribution >= 4 is 17.5 Å². The molecule has 170 valence electrons. The van der Waals surface area contributed by atoms with E-state index < -0.39 is 22.7 Å². The lowest BCUT2D eigenvalue weighted by atomic mass is 9.95. The molecule has 1 aliphatic rings. The first-order valence-electron chi connectivity index (χ1n) is 10.9. The minimum Gasteiger partial charge on any atom is -0.352 e. The third-order valence-electron chi connectivity index (χ3n) is 5.92. The van der Waals surface area contributed by atoms with Gasteiger partial charge in [0.15, 0.2) is 0 Å². The summed E-state index contributed by atoms with van der Waals surface area (Å²) in [6.45, 7) is 1.75. The number of carbonyl (C=O) groups excluding carboxylic acids is 2. The number of rotatable bonds is 8. The molecule has 7 nitrogen and oxygen atoms in total. The monoisotopic (exact) mass is 441 g/mol. The second kappa shape index (κ2) is 10.8. The van der Waals surface area contributed by atoms with Crippen LogP contribution in [0.5, 0.6) is 0 Å². The van der Waals surface area contributed by atoms with Gasteiger partial charge in [-0.3, -0.25) is 19.7 Å². The molecule has 0 saturated heterocycles. The molecule has 0 spiro atoms. The molecule has 0 bridgehead atoms. The van der Waals surface area contributed by atoms with E-state index in [1.807, 2.05) is 0 Å². The number of carbonyl (C=O) groups is 2. The van der Waals surface area contributed by atoms with Gasteiger partial charge in [-0.25, -0.2) is 4.39 Å². The fourth-order valence-corrected chi connectivity index (χ4v) is 4.04. The van der Waals surface area contributed by atoms with Gasteiger partial charge in [0, 0.05) is 24.2 Å². The number of halogens is 1. The summed E-state index contributed by atoms with van der Waals surface area (Å²) in [6.07, 6.45) is 4.91. The van der Waals surface area contributed by atoms with Gasteiger partial charge in [0.2, 0.25) is 11.8 Å². The van der Waals surface area contributed by atoms with Crippen LogP contribution in [0.25, 0.3) is 0 Å². The Labute approximate surface area is 186 Å². The quantitative estimate of drug-likeness (QED) is 0.492. The second-order valence-corrected chi connectivity index (χ2v) is 8.23. The van der Waals surface area contributed by atoms with E-state index in [1.54, 1.807) is 37.3 Å². The van der Waals surface area contributed by atoms with Gasteiger partial charge in [-0.05, 0) is 37.5 Å². The van der Waals surface area contributed by atoms with Gasteiger partial charge in [0.25, 0.3) is 5.69 Å². The minimum absolute atomic E-state index is 0.0942. The molecule has 1 aliphatic carbocycles. The van der Waals surface area contributed by atoms with E-state index in [9.17, 15) is 24.1 Å². The normalized spacial score (nSPS) is 15.1. The smallest absolute Gasteiger partial charge is 0.273 e. The van der Waals surface area contributed by atoms with E-state index in [4.69, 9.17) is 0 Å². The third-order valence-corrected chi connectivity index (χ3v) is 5.92. The van der Waals surface area contributed by atoms with Crippen LogP contribution in [0.15, 0.2) is 48.5 Å². The van der Waals surface area contributed by atoms with Crippen LogP contribution in [-0.4, -0.2) is 33.7 Å². The molecular weight excluding hydrogens is 413 g/mol.